The van der Waals surface area contributed by atoms with Gasteiger partial charge in [0.15, 0.2) is 6.61 Å². The van der Waals surface area contributed by atoms with E-state index in [4.69, 9.17) is 25.5 Å². The molecule has 1 heterocycles. The maximum atomic E-state index is 12.0. The van der Waals surface area contributed by atoms with Crippen LogP contribution < -0.4 is 15.1 Å². The Kier molecular flexibility index (Phi) is 5.11. The Labute approximate surface area is 156 Å². The minimum absolute atomic E-state index is 0.269. The summed E-state index contributed by atoms with van der Waals surface area (Å²) in [5.74, 6) is 0.155. The van der Waals surface area contributed by atoms with Gasteiger partial charge >= 0.3 is 11.6 Å². The van der Waals surface area contributed by atoms with E-state index in [0.717, 1.165) is 10.9 Å². The summed E-state index contributed by atoms with van der Waals surface area (Å²) >= 11 is 9.15. The van der Waals surface area contributed by atoms with Crippen molar-refractivity contribution in [2.75, 3.05) is 6.61 Å². The third-order valence-electron chi connectivity index (χ3n) is 3.39. The molecule has 2 aromatic carbocycles. The van der Waals surface area contributed by atoms with Gasteiger partial charge in [-0.05, 0) is 58.7 Å². The highest BCUT2D eigenvalue weighted by Gasteiger charge is 2.10. The van der Waals surface area contributed by atoms with Gasteiger partial charge in [-0.2, -0.15) is 0 Å². The fourth-order valence-electron chi connectivity index (χ4n) is 2.26. The number of benzene rings is 2. The van der Waals surface area contributed by atoms with Crippen LogP contribution in [0.15, 0.2) is 56.1 Å². The summed E-state index contributed by atoms with van der Waals surface area (Å²) in [5.41, 5.74) is 0.695. The fourth-order valence-corrected chi connectivity index (χ4v) is 3.06. The summed E-state index contributed by atoms with van der Waals surface area (Å²) in [7, 11) is 0. The summed E-state index contributed by atoms with van der Waals surface area (Å²) in [5, 5.41) is 1.33. The quantitative estimate of drug-likeness (QED) is 0.351. The van der Waals surface area contributed by atoms with Gasteiger partial charge in [0, 0.05) is 22.5 Å². The minimum Gasteiger partial charge on any atom is -0.481 e. The molecule has 0 spiro atoms. The molecule has 0 amide bonds. The molecule has 5 nitrogen and oxygen atoms in total. The predicted molar refractivity (Wildman–Crippen MR) is 97.5 cm³/mol. The van der Waals surface area contributed by atoms with Gasteiger partial charge in [0.1, 0.15) is 17.1 Å². The minimum atomic E-state index is -0.587. The zero-order valence-electron chi connectivity index (χ0n) is 13.0. The van der Waals surface area contributed by atoms with Gasteiger partial charge in [-0.1, -0.05) is 11.6 Å². The van der Waals surface area contributed by atoms with Gasteiger partial charge in [-0.3, -0.25) is 0 Å². The summed E-state index contributed by atoms with van der Waals surface area (Å²) in [4.78, 5) is 23.4. The van der Waals surface area contributed by atoms with E-state index in [1.165, 1.54) is 12.1 Å². The molecule has 0 aliphatic heterocycles. The second kappa shape index (κ2) is 7.29. The summed E-state index contributed by atoms with van der Waals surface area (Å²) in [6, 6.07) is 11.2. The predicted octanol–water partition coefficient (Wildman–Crippen LogP) is 4.50. The molecule has 0 saturated heterocycles. The van der Waals surface area contributed by atoms with Crippen molar-refractivity contribution in [2.45, 2.75) is 6.92 Å². The third kappa shape index (κ3) is 4.21. The molecule has 0 atom stereocenters. The summed E-state index contributed by atoms with van der Waals surface area (Å²) < 4.78 is 16.4. The van der Waals surface area contributed by atoms with Crippen LogP contribution in [-0.4, -0.2) is 12.6 Å². The van der Waals surface area contributed by atoms with Gasteiger partial charge in [0.25, 0.3) is 0 Å². The molecule has 3 aromatic rings. The second-order valence-electron chi connectivity index (χ2n) is 5.24. The maximum Gasteiger partial charge on any atom is 0.349 e. The Morgan fingerprint density at radius 1 is 1.20 bits per heavy atom. The molecule has 0 saturated carbocycles. The van der Waals surface area contributed by atoms with E-state index in [-0.39, 0.29) is 12.4 Å². The topological polar surface area (TPSA) is 65.7 Å². The number of fused-ring (bicyclic) bond motifs is 1. The molecular weight excluding hydrogens is 412 g/mol. The number of carbonyl (C=O) groups is 1. The molecule has 0 radical (unpaired) electrons. The molecule has 0 N–H and O–H groups in total. The van der Waals surface area contributed by atoms with Gasteiger partial charge in [0.05, 0.1) is 4.47 Å². The highest BCUT2D eigenvalue weighted by atomic mass is 79.9. The molecule has 0 bridgehead atoms. The number of esters is 1. The normalized spacial score (nSPS) is 10.7. The van der Waals surface area contributed by atoms with E-state index < -0.39 is 11.6 Å². The molecule has 1 aromatic heterocycles. The number of hydrogen-bond donors (Lipinski definition) is 0. The smallest absolute Gasteiger partial charge is 0.349 e. The van der Waals surface area contributed by atoms with Crippen LogP contribution in [0.25, 0.3) is 11.0 Å². The Hall–Kier alpha value is -2.31. The molecule has 0 unspecified atom stereocenters. The van der Waals surface area contributed by atoms with Crippen molar-refractivity contribution in [1.82, 2.24) is 0 Å². The lowest BCUT2D eigenvalue weighted by atomic mass is 10.1. The van der Waals surface area contributed by atoms with Crippen LogP contribution in [0.1, 0.15) is 5.56 Å². The summed E-state index contributed by atoms with van der Waals surface area (Å²) in [6.45, 7) is 1.53. The van der Waals surface area contributed by atoms with E-state index in [0.29, 0.717) is 20.8 Å². The van der Waals surface area contributed by atoms with E-state index in [1.807, 2.05) is 6.92 Å². The first-order valence-electron chi connectivity index (χ1n) is 7.25. The van der Waals surface area contributed by atoms with Crippen molar-refractivity contribution < 1.29 is 18.7 Å². The Balaban J connectivity index is 1.70. The molecule has 0 fully saturated rings. The van der Waals surface area contributed by atoms with Crippen LogP contribution in [0, 0.1) is 6.92 Å². The van der Waals surface area contributed by atoms with Crippen LogP contribution in [0.4, 0.5) is 0 Å². The van der Waals surface area contributed by atoms with Crippen LogP contribution in [-0.2, 0) is 4.79 Å². The average Bonchev–Trinajstić information content (AvgIpc) is 2.53. The van der Waals surface area contributed by atoms with Crippen molar-refractivity contribution in [1.29, 1.82) is 0 Å². The Morgan fingerprint density at radius 3 is 2.76 bits per heavy atom. The van der Waals surface area contributed by atoms with Gasteiger partial charge in [0.2, 0.25) is 0 Å². The monoisotopic (exact) mass is 422 g/mol. The molecule has 7 heteroatoms. The van der Waals surface area contributed by atoms with Crippen molar-refractivity contribution >= 4 is 44.5 Å². The molecule has 25 heavy (non-hydrogen) atoms. The molecular formula is C18H12BrClO5. The number of ether oxygens (including phenoxy) is 2. The molecule has 0 aliphatic rings. The van der Waals surface area contributed by atoms with E-state index in [2.05, 4.69) is 15.9 Å². The van der Waals surface area contributed by atoms with Gasteiger partial charge in [-0.15, -0.1) is 0 Å². The standard InChI is InChI=1S/C18H12BrClO5/c1-10-6-17(21)25-16-8-12(3-4-13(10)16)24-18(22)9-23-15-5-2-11(20)7-14(15)19/h2-8H,9H2,1H3. The highest BCUT2D eigenvalue weighted by Crippen LogP contribution is 2.28. The largest absolute Gasteiger partial charge is 0.481 e. The first-order valence-corrected chi connectivity index (χ1v) is 8.42. The van der Waals surface area contributed by atoms with Crippen molar-refractivity contribution in [3.05, 3.63) is 67.9 Å². The molecule has 128 valence electrons. The number of carbonyl (C=O) groups excluding carboxylic acids is 1. The lowest BCUT2D eigenvalue weighted by molar-refractivity contribution is -0.136. The number of hydrogen-bond acceptors (Lipinski definition) is 5. The highest BCUT2D eigenvalue weighted by molar-refractivity contribution is 9.10. The molecule has 3 rings (SSSR count). The zero-order valence-corrected chi connectivity index (χ0v) is 15.4. The number of halogens is 2. The Bertz CT molecular complexity index is 1010. The maximum absolute atomic E-state index is 12.0. The van der Waals surface area contributed by atoms with Crippen LogP contribution in [0.5, 0.6) is 11.5 Å². The summed E-state index contributed by atoms with van der Waals surface area (Å²) in [6.07, 6.45) is 0. The zero-order chi connectivity index (χ0) is 18.0. The fraction of sp³-hybridized carbons (Fsp3) is 0.111. The average molecular weight is 424 g/mol. The first kappa shape index (κ1) is 17.5. The van der Waals surface area contributed by atoms with Crippen LogP contribution >= 0.6 is 27.5 Å². The van der Waals surface area contributed by atoms with E-state index in [9.17, 15) is 9.59 Å². The number of rotatable bonds is 4. The lowest BCUT2D eigenvalue weighted by Crippen LogP contribution is -2.17. The van der Waals surface area contributed by atoms with Crippen LogP contribution in [0.2, 0.25) is 5.02 Å². The molecule has 0 aliphatic carbocycles. The second-order valence-corrected chi connectivity index (χ2v) is 6.53. The van der Waals surface area contributed by atoms with Crippen LogP contribution in [0.3, 0.4) is 0 Å². The third-order valence-corrected chi connectivity index (χ3v) is 4.25. The number of aryl methyl sites for hydroxylation is 1. The van der Waals surface area contributed by atoms with Crippen molar-refractivity contribution in [3.63, 3.8) is 0 Å². The van der Waals surface area contributed by atoms with E-state index >= 15 is 0 Å². The van der Waals surface area contributed by atoms with E-state index in [1.54, 1.807) is 30.3 Å². The SMILES string of the molecule is Cc1cc(=O)oc2cc(OC(=O)COc3ccc(Cl)cc3Br)ccc12. The lowest BCUT2D eigenvalue weighted by Gasteiger charge is -2.09. The van der Waals surface area contributed by atoms with Gasteiger partial charge in [-0.25, -0.2) is 9.59 Å². The van der Waals surface area contributed by atoms with Crippen molar-refractivity contribution in [2.24, 2.45) is 0 Å². The Morgan fingerprint density at radius 2 is 2.00 bits per heavy atom. The van der Waals surface area contributed by atoms with Crippen molar-refractivity contribution in [3.8, 4) is 11.5 Å². The van der Waals surface area contributed by atoms with Gasteiger partial charge < -0.3 is 13.9 Å². The first-order chi connectivity index (χ1) is 11.9.